The Labute approximate surface area is 542 Å². The van der Waals surface area contributed by atoms with Crippen LogP contribution in [0.5, 0.6) is 0 Å². The highest BCUT2D eigenvalue weighted by atomic mass is 19.1. The van der Waals surface area contributed by atoms with Crippen molar-refractivity contribution in [3.63, 3.8) is 0 Å². The van der Waals surface area contributed by atoms with Crippen LogP contribution in [0.15, 0.2) is 97.1 Å². The fourth-order valence-corrected chi connectivity index (χ4v) is 11.9. The van der Waals surface area contributed by atoms with Gasteiger partial charge < -0.3 is 45.4 Å². The third-order valence-corrected chi connectivity index (χ3v) is 17.5. The lowest BCUT2D eigenvalue weighted by atomic mass is 9.84. The number of carbonyl (C=O) groups excluding carboxylic acids is 9. The van der Waals surface area contributed by atoms with E-state index in [9.17, 15) is 28.8 Å². The maximum Gasteiger partial charge on any atom is 0.410 e. The van der Waals surface area contributed by atoms with Crippen molar-refractivity contribution < 1.29 is 57.0 Å². The van der Waals surface area contributed by atoms with Gasteiger partial charge in [0.2, 0.25) is 35.4 Å². The Morgan fingerprint density at radius 2 is 1.11 bits per heavy atom. The molecule has 4 N–H and O–H groups in total. The Morgan fingerprint density at radius 3 is 1.64 bits per heavy atom. The molecule has 0 spiro atoms. The van der Waals surface area contributed by atoms with Crippen LogP contribution in [0.2, 0.25) is 0 Å². The molecule has 1 fully saturated rings. The first-order chi connectivity index (χ1) is 42.8. The molecule has 9 atom stereocenters. The minimum absolute atomic E-state index is 0.0164. The highest BCUT2D eigenvalue weighted by molar-refractivity contribution is 5.97. The predicted octanol–water partition coefficient (Wildman–Crippen LogP) is 9.33. The average Bonchev–Trinajstić information content (AvgIpc) is 0.871. The first-order valence-corrected chi connectivity index (χ1v) is 31.9. The third kappa shape index (κ3) is 17.4. The van der Waals surface area contributed by atoms with Crippen molar-refractivity contribution in [1.82, 2.24) is 45.8 Å². The zero-order chi connectivity index (χ0) is 68.1. The topological polar surface area (TPSA) is 236 Å². The molecule has 0 radical (unpaired) electrons. The Bertz CT molecular complexity index is 3380. The maximum atomic E-state index is 15.9. The van der Waals surface area contributed by atoms with Gasteiger partial charge in [0.1, 0.15) is 53.3 Å². The zero-order valence-electron chi connectivity index (χ0n) is 56.7. The van der Waals surface area contributed by atoms with Crippen LogP contribution in [-0.2, 0) is 64.2 Å². The fourth-order valence-electron chi connectivity index (χ4n) is 11.9. The summed E-state index contributed by atoms with van der Waals surface area (Å²) in [4.78, 5) is 136. The van der Waals surface area contributed by atoms with E-state index in [0.717, 1.165) is 44.9 Å². The highest BCUT2D eigenvalue weighted by Gasteiger charge is 2.48. The van der Waals surface area contributed by atoms with Gasteiger partial charge >= 0.3 is 12.2 Å². The summed E-state index contributed by atoms with van der Waals surface area (Å²) >= 11 is 0. The van der Waals surface area contributed by atoms with Gasteiger partial charge in [-0.25, -0.2) is 14.0 Å². The van der Waals surface area contributed by atoms with Crippen molar-refractivity contribution >= 4 is 53.5 Å². The first kappa shape index (κ1) is 71.1. The second-order valence-electron chi connectivity index (χ2n) is 29.0. The number of hydrogen-bond donors (Lipinski definition) is 4. The Balaban J connectivity index is 1.15. The molecule has 0 saturated carbocycles. The van der Waals surface area contributed by atoms with Gasteiger partial charge in [-0.1, -0.05) is 120 Å². The van der Waals surface area contributed by atoms with Crippen molar-refractivity contribution in [1.29, 1.82) is 0 Å². The molecule has 4 aromatic rings. The van der Waals surface area contributed by atoms with E-state index in [1.165, 1.54) is 48.7 Å². The van der Waals surface area contributed by atoms with Crippen LogP contribution in [0.1, 0.15) is 179 Å². The summed E-state index contributed by atoms with van der Waals surface area (Å²) in [6.45, 7) is 25.7. The predicted molar refractivity (Wildman–Crippen MR) is 348 cm³/mol. The molecule has 20 nitrogen and oxygen atoms in total. The second kappa shape index (κ2) is 28.7. The Morgan fingerprint density at radius 1 is 0.609 bits per heavy atom. The minimum atomic E-state index is -1.18. The Kier molecular flexibility index (Phi) is 22.1. The van der Waals surface area contributed by atoms with Gasteiger partial charge in [-0.05, 0) is 145 Å². The number of rotatable bonds is 17. The van der Waals surface area contributed by atoms with Crippen LogP contribution in [0.25, 0.3) is 0 Å². The third-order valence-electron chi connectivity index (χ3n) is 17.5. The van der Waals surface area contributed by atoms with Crippen LogP contribution in [-0.4, -0.2) is 152 Å². The van der Waals surface area contributed by atoms with Crippen molar-refractivity contribution in [3.8, 4) is 0 Å². The summed E-state index contributed by atoms with van der Waals surface area (Å²) in [5, 5.41) is 12.1. The highest BCUT2D eigenvalue weighted by Crippen LogP contribution is 2.35. The standard InChI is InChI=1S/C71H96FN9O11/c1-42(51-29-22-23-31-53(51)72)79(63(86)56-37-48-26-18-19-27-49(48)40-80(56)64(87)57(68(4,5)6)75-59(82)43(2)77(16)66(89)91-70(10,11)12)39-45-33-35-47(36-34-45)61(84)73-50-38-55(62(85)74-54-32-24-28-46-25-20-21-30-52(46)54)81(41-50)65(88)58(69(7,8)9)76-60(83)44(3)78(17)67(90)92-71(13,14)15/h18-23,25-27,29-31,33-36,42-44,50,54-58H,24,28,32,37-41H2,1-17H3,(H,73,84)(H,74,85)(H,75,82)(H,76,83)/t42-,43+,44+,50+,54-,55+,56+,57-,58-/m1/s1. The SMILES string of the molecule is C[C@H](c1ccccc1F)N(Cc1ccc(C(=O)N[C@H]2C[C@@H](C(=O)N[C@@H]3CCCc4ccccc43)N(C(=O)[C@@H](NC(=O)[C@H](C)N(C)C(=O)OC(C)(C)C)C(C)(C)C)C2)cc1)C(=O)[C@@H]1Cc2ccccc2CN1C(=O)[C@@H](NC(=O)[C@H](C)N(C)C(=O)OC(C)(C)C)C(C)(C)C. The van der Waals surface area contributed by atoms with E-state index in [-0.39, 0.29) is 49.6 Å². The molecule has 0 aromatic heterocycles. The second-order valence-corrected chi connectivity index (χ2v) is 29.0. The van der Waals surface area contributed by atoms with Crippen molar-refractivity contribution in [3.05, 3.63) is 142 Å². The lowest BCUT2D eigenvalue weighted by molar-refractivity contribution is -0.152. The van der Waals surface area contributed by atoms with E-state index in [2.05, 4.69) is 21.3 Å². The summed E-state index contributed by atoms with van der Waals surface area (Å²) in [6, 6.07) is 19.5. The summed E-state index contributed by atoms with van der Waals surface area (Å²) in [5.74, 6) is -4.28. The molecule has 1 saturated heterocycles. The number of amides is 9. The lowest BCUT2D eigenvalue weighted by Crippen LogP contribution is -2.62. The number of hydrogen-bond acceptors (Lipinski definition) is 11. The molecule has 1 aliphatic carbocycles. The summed E-state index contributed by atoms with van der Waals surface area (Å²) in [5.41, 5.74) is 1.32. The number of aryl methyl sites for hydroxylation is 1. The minimum Gasteiger partial charge on any atom is -0.444 e. The molecule has 7 rings (SSSR count). The van der Waals surface area contributed by atoms with E-state index in [1.54, 1.807) is 132 Å². The van der Waals surface area contributed by atoms with Crippen LogP contribution in [0.4, 0.5) is 14.0 Å². The number of nitrogens with zero attached hydrogens (tertiary/aromatic N) is 5. The molecule has 4 aromatic carbocycles. The van der Waals surface area contributed by atoms with E-state index in [0.29, 0.717) is 12.0 Å². The molecule has 21 heteroatoms. The maximum absolute atomic E-state index is 15.9. The molecule has 2 aliphatic heterocycles. The summed E-state index contributed by atoms with van der Waals surface area (Å²) < 4.78 is 27.0. The van der Waals surface area contributed by atoms with Gasteiger partial charge in [-0.3, -0.25) is 43.4 Å². The van der Waals surface area contributed by atoms with Gasteiger partial charge in [0, 0.05) is 57.3 Å². The van der Waals surface area contributed by atoms with Gasteiger partial charge in [0.25, 0.3) is 5.91 Å². The average molecular weight is 1270 g/mol. The van der Waals surface area contributed by atoms with Gasteiger partial charge in [0.15, 0.2) is 0 Å². The van der Waals surface area contributed by atoms with Crippen LogP contribution in [0, 0.1) is 16.6 Å². The number of ether oxygens (including phenoxy) is 2. The van der Waals surface area contributed by atoms with Crippen molar-refractivity contribution in [2.45, 2.75) is 215 Å². The zero-order valence-corrected chi connectivity index (χ0v) is 56.7. The molecule has 498 valence electrons. The van der Waals surface area contributed by atoms with Gasteiger partial charge in [-0.2, -0.15) is 0 Å². The number of likely N-dealkylation sites (N-methyl/N-ethyl adjacent to an activating group) is 2. The summed E-state index contributed by atoms with van der Waals surface area (Å²) in [6.07, 6.45) is 1.08. The van der Waals surface area contributed by atoms with Crippen molar-refractivity contribution in [2.75, 3.05) is 20.6 Å². The monoisotopic (exact) mass is 1270 g/mol. The number of benzene rings is 4. The van der Waals surface area contributed by atoms with Crippen molar-refractivity contribution in [2.24, 2.45) is 10.8 Å². The quantitative estimate of drug-likeness (QED) is 0.0777. The van der Waals surface area contributed by atoms with Gasteiger partial charge in [-0.15, -0.1) is 0 Å². The number of nitrogens with one attached hydrogen (secondary N) is 4. The normalized spacial score (nSPS) is 19.1. The summed E-state index contributed by atoms with van der Waals surface area (Å²) in [7, 11) is 2.88. The van der Waals surface area contributed by atoms with E-state index >= 15 is 18.8 Å². The van der Waals surface area contributed by atoms with E-state index in [4.69, 9.17) is 9.47 Å². The number of carbonyl (C=O) groups is 9. The largest absolute Gasteiger partial charge is 0.444 e. The molecule has 0 bridgehead atoms. The van der Waals surface area contributed by atoms with Crippen LogP contribution < -0.4 is 21.3 Å². The molecule has 0 unspecified atom stereocenters. The number of likely N-dealkylation sites (tertiary alicyclic amines) is 1. The smallest absolute Gasteiger partial charge is 0.410 e. The lowest BCUT2D eigenvalue weighted by Gasteiger charge is -2.43. The molecule has 9 amide bonds. The number of halogens is 1. The number of fused-ring (bicyclic) bond motifs is 2. The fraction of sp³-hybridized carbons (Fsp3) is 0.535. The first-order valence-electron chi connectivity index (χ1n) is 31.9. The van der Waals surface area contributed by atoms with E-state index < -0.39 is 130 Å². The molecular formula is C71H96FN9O11. The Hall–Kier alpha value is -8.36. The van der Waals surface area contributed by atoms with E-state index in [1.807, 2.05) is 48.5 Å². The van der Waals surface area contributed by atoms with Crippen LogP contribution in [0.3, 0.4) is 0 Å². The molecule has 92 heavy (non-hydrogen) atoms. The molecule has 3 aliphatic rings. The van der Waals surface area contributed by atoms with Crippen LogP contribution >= 0.6 is 0 Å². The molecule has 2 heterocycles. The molecular weight excluding hydrogens is 1170 g/mol. The van der Waals surface area contributed by atoms with Gasteiger partial charge in [0.05, 0.1) is 12.1 Å².